The lowest BCUT2D eigenvalue weighted by atomic mass is 10.0. The van der Waals surface area contributed by atoms with E-state index in [1.807, 2.05) is 30.3 Å². The van der Waals surface area contributed by atoms with Crippen LogP contribution in [-0.2, 0) is 9.53 Å². The van der Waals surface area contributed by atoms with Crippen LogP contribution >= 0.6 is 0 Å². The van der Waals surface area contributed by atoms with E-state index in [2.05, 4.69) is 13.5 Å². The summed E-state index contributed by atoms with van der Waals surface area (Å²) in [6.45, 7) is 5.54. The Kier molecular flexibility index (Phi) is 5.34. The third kappa shape index (κ3) is 3.89. The van der Waals surface area contributed by atoms with Gasteiger partial charge in [0.15, 0.2) is 0 Å². The number of carbonyl (C=O) groups is 1. The first-order valence-corrected chi connectivity index (χ1v) is 5.66. The molecular formula is C14H18O2. The molecule has 0 bridgehead atoms. The summed E-state index contributed by atoms with van der Waals surface area (Å²) in [5, 5.41) is 0. The van der Waals surface area contributed by atoms with E-state index >= 15 is 0 Å². The molecule has 2 nitrogen and oxygen atoms in total. The molecule has 0 fully saturated rings. The molecule has 1 unspecified atom stereocenters. The van der Waals surface area contributed by atoms with Crippen LogP contribution < -0.4 is 0 Å². The average Bonchev–Trinajstić information content (AvgIpc) is 2.35. The van der Waals surface area contributed by atoms with Gasteiger partial charge in [0.2, 0.25) is 0 Å². The highest BCUT2D eigenvalue weighted by atomic mass is 16.5. The first-order chi connectivity index (χ1) is 7.77. The SMILES string of the molecule is C=CC(=O)OC(CCCC)c1ccccc1. The zero-order valence-corrected chi connectivity index (χ0v) is 9.69. The third-order valence-electron chi connectivity index (χ3n) is 2.42. The Bertz CT molecular complexity index is 330. The molecule has 1 aromatic carbocycles. The summed E-state index contributed by atoms with van der Waals surface area (Å²) in [7, 11) is 0. The minimum absolute atomic E-state index is 0.147. The number of rotatable bonds is 6. The normalized spacial score (nSPS) is 11.8. The highest BCUT2D eigenvalue weighted by Gasteiger charge is 2.13. The quantitative estimate of drug-likeness (QED) is 0.538. The van der Waals surface area contributed by atoms with Crippen molar-refractivity contribution in [1.29, 1.82) is 0 Å². The minimum atomic E-state index is -0.357. The fraction of sp³-hybridized carbons (Fsp3) is 0.357. The summed E-state index contributed by atoms with van der Waals surface area (Å²) in [5.41, 5.74) is 1.05. The molecule has 0 aliphatic carbocycles. The molecule has 1 rings (SSSR count). The van der Waals surface area contributed by atoms with Crippen LogP contribution in [0.4, 0.5) is 0 Å². The molecule has 0 heterocycles. The van der Waals surface area contributed by atoms with Crippen LogP contribution in [0.25, 0.3) is 0 Å². The van der Waals surface area contributed by atoms with Crippen LogP contribution in [0.2, 0.25) is 0 Å². The molecule has 0 aliphatic rings. The van der Waals surface area contributed by atoms with Crippen LogP contribution in [0.15, 0.2) is 43.0 Å². The zero-order chi connectivity index (χ0) is 11.8. The van der Waals surface area contributed by atoms with E-state index in [0.717, 1.165) is 24.8 Å². The number of carbonyl (C=O) groups excluding carboxylic acids is 1. The maximum atomic E-state index is 11.2. The minimum Gasteiger partial charge on any atom is -0.454 e. The van der Waals surface area contributed by atoms with Crippen molar-refractivity contribution in [2.75, 3.05) is 0 Å². The van der Waals surface area contributed by atoms with Gasteiger partial charge in [-0.2, -0.15) is 0 Å². The van der Waals surface area contributed by atoms with E-state index in [1.165, 1.54) is 6.08 Å². The summed E-state index contributed by atoms with van der Waals surface area (Å²) < 4.78 is 5.33. The first-order valence-electron chi connectivity index (χ1n) is 5.66. The Morgan fingerprint density at radius 2 is 2.12 bits per heavy atom. The second-order valence-electron chi connectivity index (χ2n) is 3.68. The molecule has 0 saturated heterocycles. The number of hydrogen-bond donors (Lipinski definition) is 0. The van der Waals surface area contributed by atoms with Gasteiger partial charge in [-0.25, -0.2) is 4.79 Å². The zero-order valence-electron chi connectivity index (χ0n) is 9.69. The molecule has 1 aromatic rings. The highest BCUT2D eigenvalue weighted by molar-refractivity contribution is 5.81. The molecular weight excluding hydrogens is 200 g/mol. The number of ether oxygens (including phenoxy) is 1. The lowest BCUT2D eigenvalue weighted by molar-refractivity contribution is -0.143. The lowest BCUT2D eigenvalue weighted by Crippen LogP contribution is -2.09. The average molecular weight is 218 g/mol. The van der Waals surface area contributed by atoms with Gasteiger partial charge in [0.25, 0.3) is 0 Å². The smallest absolute Gasteiger partial charge is 0.330 e. The van der Waals surface area contributed by atoms with E-state index in [0.29, 0.717) is 0 Å². The van der Waals surface area contributed by atoms with Crippen molar-refractivity contribution < 1.29 is 9.53 Å². The Balaban J connectivity index is 2.70. The first kappa shape index (κ1) is 12.5. The van der Waals surface area contributed by atoms with Gasteiger partial charge < -0.3 is 4.74 Å². The standard InChI is InChI=1S/C14H18O2/c1-3-5-11-13(16-14(15)4-2)12-9-7-6-8-10-12/h4,6-10,13H,2-3,5,11H2,1H3. The Labute approximate surface area is 96.9 Å². The molecule has 16 heavy (non-hydrogen) atoms. The molecule has 0 N–H and O–H groups in total. The van der Waals surface area contributed by atoms with Gasteiger partial charge in [0, 0.05) is 6.08 Å². The van der Waals surface area contributed by atoms with Gasteiger partial charge in [-0.3, -0.25) is 0 Å². The molecule has 86 valence electrons. The third-order valence-corrected chi connectivity index (χ3v) is 2.42. The Morgan fingerprint density at radius 3 is 2.69 bits per heavy atom. The Morgan fingerprint density at radius 1 is 1.44 bits per heavy atom. The molecule has 0 aliphatic heterocycles. The van der Waals surface area contributed by atoms with Crippen molar-refractivity contribution in [3.05, 3.63) is 48.6 Å². The second-order valence-corrected chi connectivity index (χ2v) is 3.68. The maximum absolute atomic E-state index is 11.2. The van der Waals surface area contributed by atoms with Gasteiger partial charge in [-0.1, -0.05) is 50.3 Å². The maximum Gasteiger partial charge on any atom is 0.330 e. The van der Waals surface area contributed by atoms with Gasteiger partial charge >= 0.3 is 5.97 Å². The van der Waals surface area contributed by atoms with E-state index in [4.69, 9.17) is 4.74 Å². The van der Waals surface area contributed by atoms with E-state index in [1.54, 1.807) is 0 Å². The second kappa shape index (κ2) is 6.83. The van der Waals surface area contributed by atoms with Gasteiger partial charge in [0.1, 0.15) is 6.10 Å². The molecule has 0 spiro atoms. The van der Waals surface area contributed by atoms with Crippen molar-refractivity contribution in [2.24, 2.45) is 0 Å². The summed E-state index contributed by atoms with van der Waals surface area (Å²) in [4.78, 5) is 11.2. The van der Waals surface area contributed by atoms with E-state index in [-0.39, 0.29) is 12.1 Å². The van der Waals surface area contributed by atoms with Crippen molar-refractivity contribution >= 4 is 5.97 Å². The molecule has 1 atom stereocenters. The van der Waals surface area contributed by atoms with Crippen molar-refractivity contribution in [3.63, 3.8) is 0 Å². The topological polar surface area (TPSA) is 26.3 Å². The molecule has 0 saturated carbocycles. The van der Waals surface area contributed by atoms with Crippen LogP contribution in [0.1, 0.15) is 37.9 Å². The summed E-state index contributed by atoms with van der Waals surface area (Å²) in [5.74, 6) is -0.357. The number of esters is 1. The lowest BCUT2D eigenvalue weighted by Gasteiger charge is -2.17. The summed E-state index contributed by atoms with van der Waals surface area (Å²) >= 11 is 0. The van der Waals surface area contributed by atoms with E-state index < -0.39 is 0 Å². The van der Waals surface area contributed by atoms with Gasteiger partial charge in [-0.05, 0) is 18.4 Å². The number of unbranched alkanes of at least 4 members (excludes halogenated alkanes) is 1. The fourth-order valence-electron chi connectivity index (χ4n) is 1.54. The largest absolute Gasteiger partial charge is 0.454 e. The Hall–Kier alpha value is -1.57. The summed E-state index contributed by atoms with van der Waals surface area (Å²) in [6.07, 6.45) is 4.06. The molecule has 2 heteroatoms. The molecule has 0 radical (unpaired) electrons. The van der Waals surface area contributed by atoms with E-state index in [9.17, 15) is 4.79 Å². The number of hydrogen-bond acceptors (Lipinski definition) is 2. The molecule has 0 amide bonds. The molecule has 0 aromatic heterocycles. The van der Waals surface area contributed by atoms with Gasteiger partial charge in [-0.15, -0.1) is 0 Å². The van der Waals surface area contributed by atoms with Gasteiger partial charge in [0.05, 0.1) is 0 Å². The summed E-state index contributed by atoms with van der Waals surface area (Å²) in [6, 6.07) is 9.83. The highest BCUT2D eigenvalue weighted by Crippen LogP contribution is 2.23. The predicted molar refractivity (Wildman–Crippen MR) is 65.0 cm³/mol. The van der Waals surface area contributed by atoms with Crippen LogP contribution in [0.3, 0.4) is 0 Å². The van der Waals surface area contributed by atoms with Crippen molar-refractivity contribution in [2.45, 2.75) is 32.3 Å². The monoisotopic (exact) mass is 218 g/mol. The van der Waals surface area contributed by atoms with Crippen LogP contribution in [0, 0.1) is 0 Å². The number of benzene rings is 1. The predicted octanol–water partition coefficient (Wildman–Crippen LogP) is 3.65. The van der Waals surface area contributed by atoms with Crippen molar-refractivity contribution in [1.82, 2.24) is 0 Å². The van der Waals surface area contributed by atoms with Crippen LogP contribution in [-0.4, -0.2) is 5.97 Å². The van der Waals surface area contributed by atoms with Crippen molar-refractivity contribution in [3.8, 4) is 0 Å². The van der Waals surface area contributed by atoms with Crippen LogP contribution in [0.5, 0.6) is 0 Å². The fourth-order valence-corrected chi connectivity index (χ4v) is 1.54.